The standard InChI is InChI=1S/C12H14BrNS2/c1-7-4-8(2)16-12(7)11(14-3)9-5-10(13)15-6-9/h4-6,11,14H,1-3H3. The van der Waals surface area contributed by atoms with Crippen molar-refractivity contribution in [2.24, 2.45) is 0 Å². The molecule has 4 heteroatoms. The highest BCUT2D eigenvalue weighted by molar-refractivity contribution is 9.11. The highest BCUT2D eigenvalue weighted by Crippen LogP contribution is 2.34. The minimum atomic E-state index is 0.321. The summed E-state index contributed by atoms with van der Waals surface area (Å²) < 4.78 is 1.19. The van der Waals surface area contributed by atoms with Crippen LogP contribution in [-0.4, -0.2) is 7.05 Å². The van der Waals surface area contributed by atoms with E-state index in [1.165, 1.54) is 24.7 Å². The lowest BCUT2D eigenvalue weighted by atomic mass is 10.1. The van der Waals surface area contributed by atoms with E-state index in [1.807, 2.05) is 18.4 Å². The molecule has 0 aliphatic rings. The molecule has 1 nitrogen and oxygen atoms in total. The minimum Gasteiger partial charge on any atom is -0.309 e. The Morgan fingerprint density at radius 1 is 1.31 bits per heavy atom. The normalized spacial score (nSPS) is 13.0. The Morgan fingerprint density at radius 2 is 2.06 bits per heavy atom. The molecular weight excluding hydrogens is 302 g/mol. The molecule has 2 aromatic heterocycles. The number of hydrogen-bond donors (Lipinski definition) is 1. The molecule has 1 unspecified atom stereocenters. The summed E-state index contributed by atoms with van der Waals surface area (Å²) in [6.45, 7) is 4.35. The van der Waals surface area contributed by atoms with Crippen LogP contribution < -0.4 is 5.32 Å². The largest absolute Gasteiger partial charge is 0.309 e. The van der Waals surface area contributed by atoms with E-state index in [-0.39, 0.29) is 0 Å². The molecule has 1 atom stereocenters. The number of halogens is 1. The topological polar surface area (TPSA) is 12.0 Å². The maximum absolute atomic E-state index is 3.52. The quantitative estimate of drug-likeness (QED) is 0.879. The minimum absolute atomic E-state index is 0.321. The van der Waals surface area contributed by atoms with Crippen LogP contribution in [0.25, 0.3) is 0 Å². The van der Waals surface area contributed by atoms with E-state index in [4.69, 9.17) is 0 Å². The van der Waals surface area contributed by atoms with E-state index < -0.39 is 0 Å². The molecule has 1 N–H and O–H groups in total. The van der Waals surface area contributed by atoms with Gasteiger partial charge in [0, 0.05) is 9.75 Å². The molecule has 0 saturated heterocycles. The highest BCUT2D eigenvalue weighted by Gasteiger charge is 2.17. The Bertz CT molecular complexity index is 487. The van der Waals surface area contributed by atoms with Gasteiger partial charge in [0.15, 0.2) is 0 Å². The van der Waals surface area contributed by atoms with Crippen LogP contribution in [0.3, 0.4) is 0 Å². The van der Waals surface area contributed by atoms with Crippen molar-refractivity contribution in [1.29, 1.82) is 0 Å². The third-order valence-corrected chi connectivity index (χ3v) is 5.29. The van der Waals surface area contributed by atoms with E-state index in [9.17, 15) is 0 Å². The summed E-state index contributed by atoms with van der Waals surface area (Å²) >= 11 is 7.13. The fourth-order valence-corrected chi connectivity index (χ4v) is 4.25. The summed E-state index contributed by atoms with van der Waals surface area (Å²) in [7, 11) is 2.02. The van der Waals surface area contributed by atoms with Gasteiger partial charge in [0.05, 0.1) is 9.83 Å². The third kappa shape index (κ3) is 2.40. The molecule has 2 aromatic rings. The van der Waals surface area contributed by atoms with E-state index in [0.717, 1.165) is 0 Å². The first kappa shape index (κ1) is 12.3. The maximum atomic E-state index is 3.52. The van der Waals surface area contributed by atoms with Crippen molar-refractivity contribution < 1.29 is 0 Å². The Morgan fingerprint density at radius 3 is 2.50 bits per heavy atom. The number of aryl methyl sites for hydroxylation is 2. The summed E-state index contributed by atoms with van der Waals surface area (Å²) in [5.41, 5.74) is 2.72. The van der Waals surface area contributed by atoms with Gasteiger partial charge >= 0.3 is 0 Å². The number of thiophene rings is 2. The molecule has 86 valence electrons. The van der Waals surface area contributed by atoms with Gasteiger partial charge in [-0.15, -0.1) is 22.7 Å². The van der Waals surface area contributed by atoms with Gasteiger partial charge in [-0.1, -0.05) is 0 Å². The second kappa shape index (κ2) is 5.00. The van der Waals surface area contributed by atoms with Gasteiger partial charge in [-0.25, -0.2) is 0 Å². The van der Waals surface area contributed by atoms with Gasteiger partial charge in [0.2, 0.25) is 0 Å². The van der Waals surface area contributed by atoms with Crippen LogP contribution in [0.1, 0.15) is 26.9 Å². The molecule has 0 aliphatic heterocycles. The Kier molecular flexibility index (Phi) is 3.85. The average molecular weight is 316 g/mol. The van der Waals surface area contributed by atoms with Crippen molar-refractivity contribution in [3.05, 3.63) is 42.2 Å². The molecule has 2 rings (SSSR count). The first-order valence-electron chi connectivity index (χ1n) is 5.10. The zero-order valence-corrected chi connectivity index (χ0v) is 12.7. The SMILES string of the molecule is CNC(c1csc(Br)c1)c1sc(C)cc1C. The molecule has 0 saturated carbocycles. The third-order valence-electron chi connectivity index (χ3n) is 2.55. The number of nitrogens with one attached hydrogen (secondary N) is 1. The van der Waals surface area contributed by atoms with Crippen LogP contribution >= 0.6 is 38.6 Å². The van der Waals surface area contributed by atoms with Crippen molar-refractivity contribution >= 4 is 38.6 Å². The highest BCUT2D eigenvalue weighted by atomic mass is 79.9. The van der Waals surface area contributed by atoms with E-state index in [1.54, 1.807) is 11.3 Å². The molecule has 16 heavy (non-hydrogen) atoms. The average Bonchev–Trinajstić information content (AvgIpc) is 2.76. The van der Waals surface area contributed by atoms with Crippen molar-refractivity contribution in [3.63, 3.8) is 0 Å². The van der Waals surface area contributed by atoms with Crippen LogP contribution in [0.4, 0.5) is 0 Å². The monoisotopic (exact) mass is 315 g/mol. The van der Waals surface area contributed by atoms with Gasteiger partial charge in [-0.05, 0) is 65.5 Å². The molecule has 0 amide bonds. The molecule has 0 aromatic carbocycles. The van der Waals surface area contributed by atoms with Crippen molar-refractivity contribution in [2.45, 2.75) is 19.9 Å². The predicted molar refractivity (Wildman–Crippen MR) is 76.7 cm³/mol. The van der Waals surface area contributed by atoms with Crippen molar-refractivity contribution in [2.75, 3.05) is 7.05 Å². The number of hydrogen-bond acceptors (Lipinski definition) is 3. The van der Waals surface area contributed by atoms with Gasteiger partial charge in [-0.3, -0.25) is 0 Å². The summed E-state index contributed by atoms with van der Waals surface area (Å²) in [6, 6.07) is 4.77. The predicted octanol–water partition coefficient (Wildman–Crippen LogP) is 4.50. The summed E-state index contributed by atoms with van der Waals surface area (Å²) in [5, 5.41) is 5.61. The summed E-state index contributed by atoms with van der Waals surface area (Å²) in [4.78, 5) is 2.80. The van der Waals surface area contributed by atoms with Crippen LogP contribution in [0.15, 0.2) is 21.3 Å². The van der Waals surface area contributed by atoms with Crippen molar-refractivity contribution in [3.8, 4) is 0 Å². The Balaban J connectivity index is 2.40. The van der Waals surface area contributed by atoms with E-state index >= 15 is 0 Å². The molecule has 0 aliphatic carbocycles. The van der Waals surface area contributed by atoms with E-state index in [2.05, 4.69) is 52.6 Å². The smallest absolute Gasteiger partial charge is 0.0701 e. The molecule has 0 fully saturated rings. The fraction of sp³-hybridized carbons (Fsp3) is 0.333. The first-order chi connectivity index (χ1) is 7.61. The maximum Gasteiger partial charge on any atom is 0.0701 e. The van der Waals surface area contributed by atoms with Gasteiger partial charge < -0.3 is 5.32 Å². The second-order valence-corrected chi connectivity index (χ2v) is 7.39. The molecule has 0 radical (unpaired) electrons. The zero-order chi connectivity index (χ0) is 11.7. The van der Waals surface area contributed by atoms with Crippen LogP contribution in [0, 0.1) is 13.8 Å². The van der Waals surface area contributed by atoms with E-state index in [0.29, 0.717) is 6.04 Å². The molecule has 0 bridgehead atoms. The summed E-state index contributed by atoms with van der Waals surface area (Å²) in [6.07, 6.45) is 0. The Hall–Kier alpha value is -0.160. The lowest BCUT2D eigenvalue weighted by molar-refractivity contribution is 0.702. The second-order valence-electron chi connectivity index (χ2n) is 3.81. The van der Waals surface area contributed by atoms with Gasteiger partial charge in [-0.2, -0.15) is 0 Å². The Labute approximate surface area is 113 Å². The van der Waals surface area contributed by atoms with Crippen LogP contribution in [0.2, 0.25) is 0 Å². The van der Waals surface area contributed by atoms with Gasteiger partial charge in [0.1, 0.15) is 0 Å². The van der Waals surface area contributed by atoms with Crippen LogP contribution in [0.5, 0.6) is 0 Å². The zero-order valence-electron chi connectivity index (χ0n) is 9.50. The molecule has 2 heterocycles. The first-order valence-corrected chi connectivity index (χ1v) is 7.59. The van der Waals surface area contributed by atoms with Crippen LogP contribution in [-0.2, 0) is 0 Å². The number of rotatable bonds is 3. The van der Waals surface area contributed by atoms with Gasteiger partial charge in [0.25, 0.3) is 0 Å². The van der Waals surface area contributed by atoms with Crippen molar-refractivity contribution in [1.82, 2.24) is 5.32 Å². The lowest BCUT2D eigenvalue weighted by Crippen LogP contribution is -2.16. The molecular formula is C12H14BrNS2. The lowest BCUT2D eigenvalue weighted by Gasteiger charge is -2.14. The summed E-state index contributed by atoms with van der Waals surface area (Å²) in [5.74, 6) is 0. The molecule has 0 spiro atoms. The fourth-order valence-electron chi connectivity index (χ4n) is 1.87.